The molecule has 0 aliphatic carbocycles. The minimum absolute atomic E-state index is 0.293. The van der Waals surface area contributed by atoms with Crippen molar-refractivity contribution in [2.24, 2.45) is 0 Å². The first-order valence-corrected chi connectivity index (χ1v) is 5.40. The van der Waals surface area contributed by atoms with E-state index in [9.17, 15) is 9.59 Å². The number of nitrogens with zero attached hydrogens (tertiary/aromatic N) is 1. The molecule has 0 unspecified atom stereocenters. The average molecular weight is 246 g/mol. The average Bonchev–Trinajstić information content (AvgIpc) is 2.37. The summed E-state index contributed by atoms with van der Waals surface area (Å²) in [6.45, 7) is 1.34. The van der Waals surface area contributed by atoms with Crippen molar-refractivity contribution in [3.8, 4) is 6.07 Å². The highest BCUT2D eigenvalue weighted by Crippen LogP contribution is 2.07. The van der Waals surface area contributed by atoms with Crippen LogP contribution in [0.1, 0.15) is 18.1 Å². The number of ether oxygens (including phenoxy) is 1. The highest BCUT2D eigenvalue weighted by molar-refractivity contribution is 5.83. The summed E-state index contributed by atoms with van der Waals surface area (Å²) in [4.78, 5) is 22.5. The van der Waals surface area contributed by atoms with E-state index < -0.39 is 12.0 Å². The molecule has 1 N–H and O–H groups in total. The van der Waals surface area contributed by atoms with Crippen LogP contribution in [0.2, 0.25) is 0 Å². The van der Waals surface area contributed by atoms with Crippen molar-refractivity contribution < 1.29 is 14.3 Å². The Morgan fingerprint density at radius 2 is 2.00 bits per heavy atom. The van der Waals surface area contributed by atoms with E-state index >= 15 is 0 Å². The van der Waals surface area contributed by atoms with E-state index in [2.05, 4.69) is 10.1 Å². The van der Waals surface area contributed by atoms with Gasteiger partial charge in [0.1, 0.15) is 6.04 Å². The first kappa shape index (κ1) is 13.7. The number of methoxy groups -OCH3 is 1. The molecule has 0 heterocycles. The molecule has 0 saturated carbocycles. The Balaban J connectivity index is 2.78. The van der Waals surface area contributed by atoms with Crippen LogP contribution in [0.15, 0.2) is 24.3 Å². The SMILES string of the molecule is COC(=O)[C@H](Cc1ccc(C#N)cc1)NC(C)=O. The van der Waals surface area contributed by atoms with Crippen molar-refractivity contribution in [2.75, 3.05) is 7.11 Å². The molecule has 0 aliphatic rings. The topological polar surface area (TPSA) is 79.2 Å². The van der Waals surface area contributed by atoms with Crippen molar-refractivity contribution in [3.05, 3.63) is 35.4 Å². The van der Waals surface area contributed by atoms with Crippen LogP contribution in [0, 0.1) is 11.3 Å². The molecule has 18 heavy (non-hydrogen) atoms. The molecule has 5 heteroatoms. The van der Waals surface area contributed by atoms with Gasteiger partial charge in [-0.25, -0.2) is 4.79 Å². The maximum absolute atomic E-state index is 11.5. The maximum Gasteiger partial charge on any atom is 0.328 e. The van der Waals surface area contributed by atoms with Crippen LogP contribution in [0.3, 0.4) is 0 Å². The molecule has 0 radical (unpaired) electrons. The zero-order valence-electron chi connectivity index (χ0n) is 10.3. The molecule has 5 nitrogen and oxygen atoms in total. The van der Waals surface area contributed by atoms with E-state index in [1.807, 2.05) is 6.07 Å². The van der Waals surface area contributed by atoms with Gasteiger partial charge in [-0.15, -0.1) is 0 Å². The predicted molar refractivity (Wildman–Crippen MR) is 64.5 cm³/mol. The molecular weight excluding hydrogens is 232 g/mol. The van der Waals surface area contributed by atoms with Crippen molar-refractivity contribution >= 4 is 11.9 Å². The fourth-order valence-corrected chi connectivity index (χ4v) is 1.53. The zero-order chi connectivity index (χ0) is 13.5. The lowest BCUT2D eigenvalue weighted by Gasteiger charge is -2.15. The summed E-state index contributed by atoms with van der Waals surface area (Å²) in [6.07, 6.45) is 0.331. The minimum atomic E-state index is -0.708. The third-order valence-electron chi connectivity index (χ3n) is 2.39. The lowest BCUT2D eigenvalue weighted by Crippen LogP contribution is -2.41. The molecule has 1 amide bonds. The normalized spacial score (nSPS) is 11.2. The molecule has 0 aromatic heterocycles. The van der Waals surface area contributed by atoms with Gasteiger partial charge in [0.05, 0.1) is 18.7 Å². The summed E-state index contributed by atoms with van der Waals surface area (Å²) in [5, 5.41) is 11.2. The Kier molecular flexibility index (Phi) is 4.88. The number of amides is 1. The van der Waals surface area contributed by atoms with Gasteiger partial charge in [-0.05, 0) is 17.7 Å². The molecular formula is C13H14N2O3. The summed E-state index contributed by atoms with van der Waals surface area (Å²) in [6, 6.07) is 8.13. The molecule has 0 fully saturated rings. The lowest BCUT2D eigenvalue weighted by molar-refractivity contribution is -0.144. The number of carbonyl (C=O) groups excluding carboxylic acids is 2. The van der Waals surface area contributed by atoms with Crippen LogP contribution in [-0.4, -0.2) is 25.0 Å². The Morgan fingerprint density at radius 1 is 1.39 bits per heavy atom. The number of nitrogens with one attached hydrogen (secondary N) is 1. The highest BCUT2D eigenvalue weighted by Gasteiger charge is 2.20. The van der Waals surface area contributed by atoms with Gasteiger partial charge in [0.25, 0.3) is 0 Å². The minimum Gasteiger partial charge on any atom is -0.467 e. The summed E-state index contributed by atoms with van der Waals surface area (Å²) < 4.78 is 4.62. The van der Waals surface area contributed by atoms with E-state index in [-0.39, 0.29) is 5.91 Å². The van der Waals surface area contributed by atoms with Crippen LogP contribution in [0.4, 0.5) is 0 Å². The van der Waals surface area contributed by atoms with E-state index in [4.69, 9.17) is 5.26 Å². The number of carbonyl (C=O) groups is 2. The smallest absolute Gasteiger partial charge is 0.328 e. The van der Waals surface area contributed by atoms with E-state index in [0.29, 0.717) is 12.0 Å². The summed E-state index contributed by atoms with van der Waals surface area (Å²) in [5.74, 6) is -0.784. The van der Waals surface area contributed by atoms with Crippen LogP contribution in [0.25, 0.3) is 0 Å². The van der Waals surface area contributed by atoms with Crippen molar-refractivity contribution in [3.63, 3.8) is 0 Å². The van der Waals surface area contributed by atoms with Gasteiger partial charge in [0.2, 0.25) is 5.91 Å². The van der Waals surface area contributed by atoms with E-state index in [1.165, 1.54) is 14.0 Å². The first-order chi connectivity index (χ1) is 8.56. The monoisotopic (exact) mass is 246 g/mol. The largest absolute Gasteiger partial charge is 0.467 e. The fraction of sp³-hybridized carbons (Fsp3) is 0.308. The van der Waals surface area contributed by atoms with Crippen LogP contribution in [-0.2, 0) is 20.7 Å². The van der Waals surface area contributed by atoms with Crippen molar-refractivity contribution in [1.29, 1.82) is 5.26 Å². The number of hydrogen-bond acceptors (Lipinski definition) is 4. The second-order valence-electron chi connectivity index (χ2n) is 3.79. The van der Waals surface area contributed by atoms with Gasteiger partial charge >= 0.3 is 5.97 Å². The van der Waals surface area contributed by atoms with Gasteiger partial charge < -0.3 is 10.1 Å². The Labute approximate surface area is 105 Å². The molecule has 0 saturated heterocycles. The second kappa shape index (κ2) is 6.40. The molecule has 1 aromatic rings. The molecule has 0 bridgehead atoms. The number of hydrogen-bond donors (Lipinski definition) is 1. The third kappa shape index (κ3) is 3.91. The molecule has 94 valence electrons. The van der Waals surface area contributed by atoms with Gasteiger partial charge in [0, 0.05) is 13.3 Å². The third-order valence-corrected chi connectivity index (χ3v) is 2.39. The van der Waals surface area contributed by atoms with E-state index in [1.54, 1.807) is 24.3 Å². The molecule has 0 aliphatic heterocycles. The van der Waals surface area contributed by atoms with E-state index in [0.717, 1.165) is 5.56 Å². The second-order valence-corrected chi connectivity index (χ2v) is 3.79. The highest BCUT2D eigenvalue weighted by atomic mass is 16.5. The maximum atomic E-state index is 11.5. The first-order valence-electron chi connectivity index (χ1n) is 5.40. The van der Waals surface area contributed by atoms with Crippen molar-refractivity contribution in [1.82, 2.24) is 5.32 Å². The Hall–Kier alpha value is -2.35. The Morgan fingerprint density at radius 3 is 2.44 bits per heavy atom. The van der Waals surface area contributed by atoms with Gasteiger partial charge in [0.15, 0.2) is 0 Å². The van der Waals surface area contributed by atoms with Crippen LogP contribution >= 0.6 is 0 Å². The Bertz CT molecular complexity index is 474. The number of rotatable bonds is 4. The molecule has 1 atom stereocenters. The van der Waals surface area contributed by atoms with Crippen molar-refractivity contribution in [2.45, 2.75) is 19.4 Å². The quantitative estimate of drug-likeness (QED) is 0.796. The van der Waals surface area contributed by atoms with Gasteiger partial charge in [-0.3, -0.25) is 4.79 Å². The summed E-state index contributed by atoms with van der Waals surface area (Å²) in [7, 11) is 1.27. The van der Waals surface area contributed by atoms with Gasteiger partial charge in [-0.2, -0.15) is 5.26 Å². The summed E-state index contributed by atoms with van der Waals surface area (Å²) in [5.41, 5.74) is 1.39. The van der Waals surface area contributed by atoms with Gasteiger partial charge in [-0.1, -0.05) is 12.1 Å². The lowest BCUT2D eigenvalue weighted by atomic mass is 10.0. The summed E-state index contributed by atoms with van der Waals surface area (Å²) >= 11 is 0. The van der Waals surface area contributed by atoms with Crippen LogP contribution < -0.4 is 5.32 Å². The number of nitriles is 1. The zero-order valence-corrected chi connectivity index (χ0v) is 10.3. The number of benzene rings is 1. The standard InChI is InChI=1S/C13H14N2O3/c1-9(16)15-12(13(17)18-2)7-10-3-5-11(8-14)6-4-10/h3-6,12H,7H2,1-2H3,(H,15,16)/t12-/m0/s1. The predicted octanol–water partition coefficient (Wildman–Crippen LogP) is 0.778. The molecule has 0 spiro atoms. The molecule has 1 rings (SSSR count). The fourth-order valence-electron chi connectivity index (χ4n) is 1.53. The number of esters is 1. The van der Waals surface area contributed by atoms with Crippen LogP contribution in [0.5, 0.6) is 0 Å². The molecule has 1 aromatic carbocycles.